The largest absolute Gasteiger partial charge is 0.392 e. The van der Waals surface area contributed by atoms with E-state index in [0.29, 0.717) is 0 Å². The standard InChI is InChI=1S/C8H14I2O/c1-7(6-11)4-2-3-5-8(9)10/h4,8,11H,2-3,5-6H2,1H3/b7-4+. The fourth-order valence-electron chi connectivity index (χ4n) is 0.685. The Kier molecular flexibility index (Phi) is 8.61. The molecule has 0 atom stereocenters. The second-order valence-corrected chi connectivity index (χ2v) is 7.92. The summed E-state index contributed by atoms with van der Waals surface area (Å²) in [6.45, 7) is 2.17. The van der Waals surface area contributed by atoms with Crippen molar-refractivity contribution in [1.82, 2.24) is 0 Å². The molecule has 0 aliphatic carbocycles. The second-order valence-electron chi connectivity index (χ2n) is 2.53. The van der Waals surface area contributed by atoms with Gasteiger partial charge in [0.05, 0.1) is 8.54 Å². The van der Waals surface area contributed by atoms with Crippen LogP contribution in [0.25, 0.3) is 0 Å². The summed E-state index contributed by atoms with van der Waals surface area (Å²) in [7, 11) is 0. The van der Waals surface area contributed by atoms with E-state index in [1.807, 2.05) is 6.92 Å². The first-order valence-electron chi connectivity index (χ1n) is 3.71. The van der Waals surface area contributed by atoms with Crippen molar-refractivity contribution in [3.05, 3.63) is 11.6 Å². The minimum Gasteiger partial charge on any atom is -0.392 e. The lowest BCUT2D eigenvalue weighted by atomic mass is 10.2. The van der Waals surface area contributed by atoms with E-state index in [0.717, 1.165) is 13.9 Å². The van der Waals surface area contributed by atoms with Crippen LogP contribution in [0.15, 0.2) is 11.6 Å². The van der Waals surface area contributed by atoms with Crippen LogP contribution >= 0.6 is 45.2 Å². The molecule has 0 saturated carbocycles. The Morgan fingerprint density at radius 2 is 2.18 bits per heavy atom. The predicted molar refractivity (Wildman–Crippen MR) is 66.5 cm³/mol. The molecule has 0 radical (unpaired) electrons. The van der Waals surface area contributed by atoms with Crippen molar-refractivity contribution in [3.8, 4) is 0 Å². The summed E-state index contributed by atoms with van der Waals surface area (Å²) in [5.41, 5.74) is 1.09. The van der Waals surface area contributed by atoms with Crippen LogP contribution in [-0.2, 0) is 0 Å². The Morgan fingerprint density at radius 1 is 1.55 bits per heavy atom. The zero-order valence-electron chi connectivity index (χ0n) is 6.69. The van der Waals surface area contributed by atoms with Crippen molar-refractivity contribution in [2.24, 2.45) is 0 Å². The molecule has 0 aromatic carbocycles. The minimum absolute atomic E-state index is 0.206. The van der Waals surface area contributed by atoms with Gasteiger partial charge in [-0.15, -0.1) is 0 Å². The SMILES string of the molecule is C/C(=C\CCCC(I)I)CO. The van der Waals surface area contributed by atoms with Crippen LogP contribution in [0.2, 0.25) is 0 Å². The van der Waals surface area contributed by atoms with Gasteiger partial charge in [0.25, 0.3) is 0 Å². The second kappa shape index (κ2) is 7.79. The Balaban J connectivity index is 3.26. The molecule has 0 saturated heterocycles. The molecule has 0 amide bonds. The molecule has 0 rings (SSSR count). The average molecular weight is 380 g/mol. The molecule has 0 aromatic rings. The molecule has 0 fully saturated rings. The molecule has 0 unspecified atom stereocenters. The van der Waals surface area contributed by atoms with E-state index in [1.54, 1.807) is 0 Å². The topological polar surface area (TPSA) is 20.2 Å². The molecule has 1 N–H and O–H groups in total. The van der Waals surface area contributed by atoms with Crippen LogP contribution in [0.4, 0.5) is 0 Å². The van der Waals surface area contributed by atoms with Gasteiger partial charge in [-0.3, -0.25) is 0 Å². The van der Waals surface area contributed by atoms with Crippen LogP contribution in [0.3, 0.4) is 0 Å². The lowest BCUT2D eigenvalue weighted by molar-refractivity contribution is 0.331. The number of alkyl halides is 2. The van der Waals surface area contributed by atoms with Crippen LogP contribution in [0, 0.1) is 0 Å². The van der Waals surface area contributed by atoms with Crippen LogP contribution in [0.5, 0.6) is 0 Å². The van der Waals surface area contributed by atoms with Gasteiger partial charge >= 0.3 is 0 Å². The van der Waals surface area contributed by atoms with Gasteiger partial charge in [0.1, 0.15) is 0 Å². The van der Waals surface area contributed by atoms with Crippen LogP contribution < -0.4 is 0 Å². The third kappa shape index (κ3) is 9.07. The van der Waals surface area contributed by atoms with E-state index in [4.69, 9.17) is 5.11 Å². The molecule has 0 aromatic heterocycles. The van der Waals surface area contributed by atoms with Gasteiger partial charge < -0.3 is 5.11 Å². The molecule has 11 heavy (non-hydrogen) atoms. The highest BCUT2D eigenvalue weighted by Crippen LogP contribution is 2.17. The summed E-state index contributed by atoms with van der Waals surface area (Å²) in [6, 6.07) is 0. The molecule has 0 heterocycles. The van der Waals surface area contributed by atoms with Gasteiger partial charge in [0.2, 0.25) is 0 Å². The number of aliphatic hydroxyl groups is 1. The maximum atomic E-state index is 8.67. The molecule has 0 aliphatic rings. The molecule has 0 bridgehead atoms. The highest BCUT2D eigenvalue weighted by Gasteiger charge is 1.95. The number of unbranched alkanes of at least 4 members (excludes halogenated alkanes) is 1. The minimum atomic E-state index is 0.206. The quantitative estimate of drug-likeness (QED) is 0.336. The van der Waals surface area contributed by atoms with Crippen molar-refractivity contribution in [3.63, 3.8) is 0 Å². The molecule has 1 nitrogen and oxygen atoms in total. The maximum Gasteiger partial charge on any atom is 0.0639 e. The van der Waals surface area contributed by atoms with E-state index >= 15 is 0 Å². The molecule has 0 spiro atoms. The van der Waals surface area contributed by atoms with E-state index < -0.39 is 0 Å². The van der Waals surface area contributed by atoms with Crippen molar-refractivity contribution < 1.29 is 5.11 Å². The fourth-order valence-corrected chi connectivity index (χ4v) is 1.57. The summed E-state index contributed by atoms with van der Waals surface area (Å²) in [5, 5.41) is 8.67. The number of rotatable bonds is 5. The highest BCUT2D eigenvalue weighted by molar-refractivity contribution is 14.2. The summed E-state index contributed by atoms with van der Waals surface area (Å²) >= 11 is 4.85. The Morgan fingerprint density at radius 3 is 2.64 bits per heavy atom. The summed E-state index contributed by atoms with van der Waals surface area (Å²) in [4.78, 5) is 0. The Hall–Kier alpha value is 1.16. The van der Waals surface area contributed by atoms with Gasteiger partial charge in [-0.1, -0.05) is 56.8 Å². The van der Waals surface area contributed by atoms with Gasteiger partial charge in [0, 0.05) is 0 Å². The number of allylic oxidation sites excluding steroid dienone is 1. The maximum absolute atomic E-state index is 8.67. The summed E-state index contributed by atoms with van der Waals surface area (Å²) < 4.78 is 0.744. The van der Waals surface area contributed by atoms with Crippen LogP contribution in [-0.4, -0.2) is 13.6 Å². The zero-order chi connectivity index (χ0) is 8.69. The third-order valence-electron chi connectivity index (χ3n) is 1.37. The van der Waals surface area contributed by atoms with Gasteiger partial charge in [-0.25, -0.2) is 0 Å². The smallest absolute Gasteiger partial charge is 0.0639 e. The first kappa shape index (κ1) is 12.2. The van der Waals surface area contributed by atoms with Gasteiger partial charge in [-0.2, -0.15) is 0 Å². The molecule has 66 valence electrons. The van der Waals surface area contributed by atoms with E-state index in [1.165, 1.54) is 12.8 Å². The molecular weight excluding hydrogens is 366 g/mol. The molecule has 0 aliphatic heterocycles. The van der Waals surface area contributed by atoms with Crippen molar-refractivity contribution in [1.29, 1.82) is 0 Å². The zero-order valence-corrected chi connectivity index (χ0v) is 11.0. The third-order valence-corrected chi connectivity index (χ3v) is 2.61. The molecular formula is C8H14I2O. The predicted octanol–water partition coefficient (Wildman–Crippen LogP) is 3.29. The number of hydrogen-bond donors (Lipinski definition) is 1. The van der Waals surface area contributed by atoms with Gasteiger partial charge in [0.15, 0.2) is 0 Å². The lowest BCUT2D eigenvalue weighted by Crippen LogP contribution is -1.86. The lowest BCUT2D eigenvalue weighted by Gasteiger charge is -1.98. The van der Waals surface area contributed by atoms with E-state index in [2.05, 4.69) is 51.3 Å². The van der Waals surface area contributed by atoms with Gasteiger partial charge in [-0.05, 0) is 26.2 Å². The number of aliphatic hydroxyl groups excluding tert-OH is 1. The average Bonchev–Trinajstić information content (AvgIpc) is 1.97. The monoisotopic (exact) mass is 380 g/mol. The van der Waals surface area contributed by atoms with Crippen molar-refractivity contribution >= 4 is 45.2 Å². The van der Waals surface area contributed by atoms with Crippen LogP contribution in [0.1, 0.15) is 26.2 Å². The first-order chi connectivity index (χ1) is 5.16. The Labute approximate surface area is 95.9 Å². The summed E-state index contributed by atoms with van der Waals surface area (Å²) in [5.74, 6) is 0. The van der Waals surface area contributed by atoms with Crippen molar-refractivity contribution in [2.45, 2.75) is 28.1 Å². The summed E-state index contributed by atoms with van der Waals surface area (Å²) in [6.07, 6.45) is 5.72. The van der Waals surface area contributed by atoms with E-state index in [9.17, 15) is 0 Å². The van der Waals surface area contributed by atoms with E-state index in [-0.39, 0.29) is 6.61 Å². The highest BCUT2D eigenvalue weighted by atomic mass is 127. The van der Waals surface area contributed by atoms with Crippen molar-refractivity contribution in [2.75, 3.05) is 6.61 Å². The first-order valence-corrected chi connectivity index (χ1v) is 6.20. The Bertz CT molecular complexity index is 121. The number of hydrogen-bond acceptors (Lipinski definition) is 1. The number of halogens is 2. The molecule has 3 heteroatoms. The normalized spacial score (nSPS) is 12.6. The fraction of sp³-hybridized carbons (Fsp3) is 0.750.